The number of rotatable bonds is 3. The van der Waals surface area contributed by atoms with Crippen LogP contribution in [0.2, 0.25) is 5.02 Å². The lowest BCUT2D eigenvalue weighted by Gasteiger charge is -2.30. The monoisotopic (exact) mass is 212 g/mol. The van der Waals surface area contributed by atoms with Crippen LogP contribution >= 0.6 is 11.6 Å². The van der Waals surface area contributed by atoms with Crippen molar-refractivity contribution in [3.63, 3.8) is 0 Å². The number of hydrogen-bond donors (Lipinski definition) is 2. The Morgan fingerprint density at radius 3 is 2.21 bits per heavy atom. The van der Waals surface area contributed by atoms with E-state index in [0.29, 0.717) is 6.54 Å². The van der Waals surface area contributed by atoms with Crippen LogP contribution in [-0.2, 0) is 0 Å². The summed E-state index contributed by atoms with van der Waals surface area (Å²) >= 11 is 5.80. The molecular formula is C11H17ClN2. The van der Waals surface area contributed by atoms with Gasteiger partial charge in [-0.3, -0.25) is 0 Å². The van der Waals surface area contributed by atoms with E-state index in [1.807, 2.05) is 24.3 Å². The van der Waals surface area contributed by atoms with E-state index in [-0.39, 0.29) is 11.5 Å². The molecule has 0 radical (unpaired) electrons. The van der Waals surface area contributed by atoms with E-state index < -0.39 is 0 Å². The fraction of sp³-hybridized carbons (Fsp3) is 0.455. The molecule has 14 heavy (non-hydrogen) atoms. The van der Waals surface area contributed by atoms with E-state index in [4.69, 9.17) is 23.1 Å². The van der Waals surface area contributed by atoms with Crippen LogP contribution in [0.4, 0.5) is 0 Å². The fourth-order valence-electron chi connectivity index (χ4n) is 1.25. The highest BCUT2D eigenvalue weighted by Gasteiger charge is 2.25. The van der Waals surface area contributed by atoms with Gasteiger partial charge in [-0.15, -0.1) is 0 Å². The Morgan fingerprint density at radius 2 is 1.79 bits per heavy atom. The highest BCUT2D eigenvalue weighted by atomic mass is 35.5. The number of halogens is 1. The summed E-state index contributed by atoms with van der Waals surface area (Å²) in [5, 5.41) is 0.728. The summed E-state index contributed by atoms with van der Waals surface area (Å²) in [6.07, 6.45) is 0. The lowest BCUT2D eigenvalue weighted by Crippen LogP contribution is -2.35. The molecule has 0 heterocycles. The lowest BCUT2D eigenvalue weighted by atomic mass is 9.81. The molecule has 0 bridgehead atoms. The summed E-state index contributed by atoms with van der Waals surface area (Å²) < 4.78 is 0. The van der Waals surface area contributed by atoms with Gasteiger partial charge in [0.2, 0.25) is 0 Å². The quantitative estimate of drug-likeness (QED) is 0.808. The smallest absolute Gasteiger partial charge is 0.0406 e. The molecule has 1 unspecified atom stereocenters. The maximum Gasteiger partial charge on any atom is 0.0406 e. The Balaban J connectivity index is 2.89. The van der Waals surface area contributed by atoms with Gasteiger partial charge in [-0.05, 0) is 29.7 Å². The zero-order valence-corrected chi connectivity index (χ0v) is 9.38. The Kier molecular flexibility index (Phi) is 3.53. The molecule has 1 aromatic rings. The van der Waals surface area contributed by atoms with Crippen molar-refractivity contribution in [1.82, 2.24) is 0 Å². The molecule has 0 spiro atoms. The SMILES string of the molecule is CC(C)(CN)C(N)c1ccc(Cl)cc1. The van der Waals surface area contributed by atoms with Gasteiger partial charge in [0.15, 0.2) is 0 Å². The molecule has 0 aliphatic rings. The minimum atomic E-state index is -0.0895. The summed E-state index contributed by atoms with van der Waals surface area (Å²) in [7, 11) is 0. The van der Waals surface area contributed by atoms with E-state index in [1.165, 1.54) is 0 Å². The van der Waals surface area contributed by atoms with Gasteiger partial charge in [0.25, 0.3) is 0 Å². The Hall–Kier alpha value is -0.570. The second-order valence-electron chi connectivity index (χ2n) is 4.22. The summed E-state index contributed by atoms with van der Waals surface area (Å²) in [6, 6.07) is 7.55. The highest BCUT2D eigenvalue weighted by Crippen LogP contribution is 2.30. The van der Waals surface area contributed by atoms with Gasteiger partial charge < -0.3 is 11.5 Å². The molecule has 78 valence electrons. The molecule has 0 aliphatic carbocycles. The van der Waals surface area contributed by atoms with Gasteiger partial charge in [-0.2, -0.15) is 0 Å². The molecule has 0 fully saturated rings. The fourth-order valence-corrected chi connectivity index (χ4v) is 1.37. The van der Waals surface area contributed by atoms with Crippen molar-refractivity contribution in [1.29, 1.82) is 0 Å². The zero-order chi connectivity index (χ0) is 10.8. The molecule has 0 saturated carbocycles. The molecule has 1 atom stereocenters. The van der Waals surface area contributed by atoms with E-state index in [0.717, 1.165) is 10.6 Å². The van der Waals surface area contributed by atoms with Crippen LogP contribution in [0.25, 0.3) is 0 Å². The van der Waals surface area contributed by atoms with E-state index in [9.17, 15) is 0 Å². The lowest BCUT2D eigenvalue weighted by molar-refractivity contribution is 0.301. The van der Waals surface area contributed by atoms with Crippen molar-refractivity contribution in [2.24, 2.45) is 16.9 Å². The summed E-state index contributed by atoms with van der Waals surface area (Å²) in [4.78, 5) is 0. The van der Waals surface area contributed by atoms with Crippen LogP contribution < -0.4 is 11.5 Å². The van der Waals surface area contributed by atoms with Gasteiger partial charge in [0, 0.05) is 11.1 Å². The minimum Gasteiger partial charge on any atom is -0.330 e. The van der Waals surface area contributed by atoms with Gasteiger partial charge in [0.05, 0.1) is 0 Å². The molecular weight excluding hydrogens is 196 g/mol. The first kappa shape index (κ1) is 11.5. The largest absolute Gasteiger partial charge is 0.330 e. The maximum absolute atomic E-state index is 6.11. The van der Waals surface area contributed by atoms with Crippen molar-refractivity contribution >= 4 is 11.6 Å². The van der Waals surface area contributed by atoms with Gasteiger partial charge in [-0.25, -0.2) is 0 Å². The summed E-state index contributed by atoms with van der Waals surface area (Å²) in [5.41, 5.74) is 12.8. The Labute approximate surface area is 90.2 Å². The molecule has 3 heteroatoms. The van der Waals surface area contributed by atoms with Crippen LogP contribution in [0, 0.1) is 5.41 Å². The average molecular weight is 213 g/mol. The van der Waals surface area contributed by atoms with Crippen LogP contribution in [0.3, 0.4) is 0 Å². The van der Waals surface area contributed by atoms with Crippen LogP contribution in [0.15, 0.2) is 24.3 Å². The molecule has 2 nitrogen and oxygen atoms in total. The zero-order valence-electron chi connectivity index (χ0n) is 8.63. The van der Waals surface area contributed by atoms with Crippen molar-refractivity contribution in [2.75, 3.05) is 6.54 Å². The molecule has 0 aliphatic heterocycles. The van der Waals surface area contributed by atoms with Crippen molar-refractivity contribution < 1.29 is 0 Å². The van der Waals surface area contributed by atoms with Crippen molar-refractivity contribution in [3.8, 4) is 0 Å². The number of nitrogens with two attached hydrogens (primary N) is 2. The molecule has 0 saturated heterocycles. The number of hydrogen-bond acceptors (Lipinski definition) is 2. The van der Waals surface area contributed by atoms with Gasteiger partial charge >= 0.3 is 0 Å². The van der Waals surface area contributed by atoms with Gasteiger partial charge in [0.1, 0.15) is 0 Å². The normalized spacial score (nSPS) is 14.1. The van der Waals surface area contributed by atoms with Crippen LogP contribution in [0.5, 0.6) is 0 Å². The molecule has 1 rings (SSSR count). The predicted octanol–water partition coefficient (Wildman–Crippen LogP) is 2.32. The third kappa shape index (κ3) is 2.47. The first-order valence-corrected chi connectivity index (χ1v) is 5.06. The minimum absolute atomic E-state index is 0.0511. The predicted molar refractivity (Wildman–Crippen MR) is 61.2 cm³/mol. The molecule has 1 aromatic carbocycles. The van der Waals surface area contributed by atoms with E-state index in [2.05, 4.69) is 13.8 Å². The van der Waals surface area contributed by atoms with E-state index in [1.54, 1.807) is 0 Å². The van der Waals surface area contributed by atoms with Gasteiger partial charge in [-0.1, -0.05) is 37.6 Å². The van der Waals surface area contributed by atoms with Crippen LogP contribution in [-0.4, -0.2) is 6.54 Å². The topological polar surface area (TPSA) is 52.0 Å². The summed E-state index contributed by atoms with van der Waals surface area (Å²) in [6.45, 7) is 4.69. The van der Waals surface area contributed by atoms with Crippen LogP contribution in [0.1, 0.15) is 25.5 Å². The summed E-state index contributed by atoms with van der Waals surface area (Å²) in [5.74, 6) is 0. The molecule has 4 N–H and O–H groups in total. The third-order valence-corrected chi connectivity index (χ3v) is 2.85. The maximum atomic E-state index is 6.11. The molecule has 0 aromatic heterocycles. The highest BCUT2D eigenvalue weighted by molar-refractivity contribution is 6.30. The van der Waals surface area contributed by atoms with Crippen molar-refractivity contribution in [2.45, 2.75) is 19.9 Å². The molecule has 0 amide bonds. The van der Waals surface area contributed by atoms with E-state index >= 15 is 0 Å². The Bertz CT molecular complexity index is 293. The average Bonchev–Trinajstić information content (AvgIpc) is 2.18. The second-order valence-corrected chi connectivity index (χ2v) is 4.66. The number of benzene rings is 1. The standard InChI is InChI=1S/C11H17ClN2/c1-11(2,7-13)10(14)8-3-5-9(12)6-4-8/h3-6,10H,7,13-14H2,1-2H3. The van der Waals surface area contributed by atoms with Crippen molar-refractivity contribution in [3.05, 3.63) is 34.9 Å². The third-order valence-electron chi connectivity index (χ3n) is 2.60. The Morgan fingerprint density at radius 1 is 1.29 bits per heavy atom. The first-order valence-electron chi connectivity index (χ1n) is 4.68. The first-order chi connectivity index (χ1) is 6.47. The second kappa shape index (κ2) is 4.30.